The van der Waals surface area contributed by atoms with E-state index >= 15 is 0 Å². The van der Waals surface area contributed by atoms with Crippen molar-refractivity contribution in [3.05, 3.63) is 34.8 Å². The molecule has 0 radical (unpaired) electrons. The predicted molar refractivity (Wildman–Crippen MR) is 51.5 cm³/mol. The molecule has 0 aromatic heterocycles. The van der Waals surface area contributed by atoms with E-state index in [2.05, 4.69) is 38.2 Å². The Balaban J connectivity index is 2.25. The Morgan fingerprint density at radius 2 is 2.09 bits per heavy atom. The van der Waals surface area contributed by atoms with Gasteiger partial charge in [-0.3, -0.25) is 0 Å². The van der Waals surface area contributed by atoms with Gasteiger partial charge in [-0.05, 0) is 18.8 Å². The van der Waals surface area contributed by atoms with Gasteiger partial charge in [0.15, 0.2) is 0 Å². The Morgan fingerprint density at radius 1 is 1.27 bits per heavy atom. The summed E-state index contributed by atoms with van der Waals surface area (Å²) >= 11 is 1.99. The lowest BCUT2D eigenvalue weighted by atomic mass is 9.97. The molecular formula is C10H12S. The van der Waals surface area contributed by atoms with Crippen LogP contribution in [0.1, 0.15) is 13.8 Å². The first-order chi connectivity index (χ1) is 5.25. The molecular weight excluding hydrogens is 152 g/mol. The highest BCUT2D eigenvalue weighted by Crippen LogP contribution is 2.40. The minimum Gasteiger partial charge on any atom is -0.123 e. The predicted octanol–water partition coefficient (Wildman–Crippen LogP) is 3.14. The lowest BCUT2D eigenvalue weighted by Gasteiger charge is -2.15. The van der Waals surface area contributed by atoms with Crippen LogP contribution in [0.25, 0.3) is 0 Å². The van der Waals surface area contributed by atoms with E-state index < -0.39 is 0 Å². The van der Waals surface area contributed by atoms with Crippen LogP contribution in [-0.2, 0) is 0 Å². The normalized spacial score (nSPS) is 34.7. The van der Waals surface area contributed by atoms with E-state index in [0.29, 0.717) is 11.2 Å². The summed E-state index contributed by atoms with van der Waals surface area (Å²) in [5.74, 6) is 0.670. The molecule has 1 heteroatoms. The summed E-state index contributed by atoms with van der Waals surface area (Å²) in [5, 5.41) is 0.694. The van der Waals surface area contributed by atoms with Crippen molar-refractivity contribution < 1.29 is 0 Å². The van der Waals surface area contributed by atoms with Crippen LogP contribution < -0.4 is 0 Å². The van der Waals surface area contributed by atoms with Crippen molar-refractivity contribution in [2.75, 3.05) is 0 Å². The van der Waals surface area contributed by atoms with Crippen LogP contribution in [0.3, 0.4) is 0 Å². The fourth-order valence-corrected chi connectivity index (χ4v) is 2.86. The van der Waals surface area contributed by atoms with Crippen LogP contribution in [0.15, 0.2) is 34.8 Å². The molecule has 0 saturated heterocycles. The van der Waals surface area contributed by atoms with Crippen molar-refractivity contribution in [3.8, 4) is 0 Å². The zero-order valence-electron chi connectivity index (χ0n) is 6.87. The average Bonchev–Trinajstić information content (AvgIpc) is 2.27. The van der Waals surface area contributed by atoms with E-state index in [4.69, 9.17) is 0 Å². The molecule has 0 N–H and O–H groups in total. The Kier molecular flexibility index (Phi) is 1.68. The molecule has 0 fully saturated rings. The molecule has 2 aliphatic rings. The molecule has 0 nitrogen and oxygen atoms in total. The molecule has 2 rings (SSSR count). The monoisotopic (exact) mass is 164 g/mol. The molecule has 11 heavy (non-hydrogen) atoms. The van der Waals surface area contributed by atoms with Gasteiger partial charge >= 0.3 is 0 Å². The highest BCUT2D eigenvalue weighted by molar-refractivity contribution is 8.04. The van der Waals surface area contributed by atoms with Gasteiger partial charge in [-0.1, -0.05) is 29.9 Å². The summed E-state index contributed by atoms with van der Waals surface area (Å²) in [5.41, 5.74) is 1.40. The van der Waals surface area contributed by atoms with E-state index in [9.17, 15) is 0 Å². The van der Waals surface area contributed by atoms with Gasteiger partial charge in [0.05, 0.1) is 0 Å². The van der Waals surface area contributed by atoms with Crippen molar-refractivity contribution in [1.29, 1.82) is 0 Å². The quantitative estimate of drug-likeness (QED) is 0.530. The molecule has 2 atom stereocenters. The summed E-state index contributed by atoms with van der Waals surface area (Å²) in [4.78, 5) is 1.47. The molecule has 0 amide bonds. The molecule has 1 aliphatic heterocycles. The number of allylic oxidation sites excluding steroid dienone is 5. The van der Waals surface area contributed by atoms with Crippen molar-refractivity contribution in [1.82, 2.24) is 0 Å². The third-order valence-corrected chi connectivity index (χ3v) is 3.37. The molecule has 0 aromatic carbocycles. The molecule has 0 aromatic rings. The van der Waals surface area contributed by atoms with Crippen LogP contribution in [0.2, 0.25) is 0 Å². The van der Waals surface area contributed by atoms with Crippen molar-refractivity contribution in [3.63, 3.8) is 0 Å². The minimum atomic E-state index is 0.670. The van der Waals surface area contributed by atoms with Gasteiger partial charge in [-0.25, -0.2) is 0 Å². The third kappa shape index (κ3) is 1.30. The zero-order chi connectivity index (χ0) is 7.84. The fraction of sp³-hybridized carbons (Fsp3) is 0.400. The van der Waals surface area contributed by atoms with Crippen LogP contribution in [0, 0.1) is 5.92 Å². The van der Waals surface area contributed by atoms with E-state index in [1.54, 1.807) is 0 Å². The molecule has 2 unspecified atom stereocenters. The molecule has 1 aliphatic carbocycles. The second kappa shape index (κ2) is 2.56. The molecule has 0 spiro atoms. The van der Waals surface area contributed by atoms with Crippen LogP contribution in [-0.4, -0.2) is 5.25 Å². The van der Waals surface area contributed by atoms with Gasteiger partial charge in [-0.2, -0.15) is 0 Å². The third-order valence-electron chi connectivity index (χ3n) is 2.14. The van der Waals surface area contributed by atoms with Crippen molar-refractivity contribution in [2.24, 2.45) is 5.92 Å². The topological polar surface area (TPSA) is 0 Å². The smallest absolute Gasteiger partial charge is 0.0374 e. The Labute approximate surface area is 72.1 Å². The van der Waals surface area contributed by atoms with Gasteiger partial charge in [-0.15, -0.1) is 11.8 Å². The van der Waals surface area contributed by atoms with Crippen molar-refractivity contribution >= 4 is 11.8 Å². The molecule has 0 saturated carbocycles. The summed E-state index contributed by atoms with van der Waals surface area (Å²) in [6, 6.07) is 0. The lowest BCUT2D eigenvalue weighted by molar-refractivity contribution is 0.846. The highest BCUT2D eigenvalue weighted by atomic mass is 32.2. The highest BCUT2D eigenvalue weighted by Gasteiger charge is 2.24. The van der Waals surface area contributed by atoms with Gasteiger partial charge in [0, 0.05) is 11.2 Å². The lowest BCUT2D eigenvalue weighted by Crippen LogP contribution is -2.09. The molecule has 58 valence electrons. The van der Waals surface area contributed by atoms with Gasteiger partial charge in [0.1, 0.15) is 0 Å². The summed E-state index contributed by atoms with van der Waals surface area (Å²) in [6.07, 6.45) is 9.25. The first kappa shape index (κ1) is 7.23. The Bertz CT molecular complexity index is 258. The summed E-state index contributed by atoms with van der Waals surface area (Å²) in [7, 11) is 0. The van der Waals surface area contributed by atoms with E-state index in [1.165, 1.54) is 10.5 Å². The number of hydrogen-bond donors (Lipinski definition) is 0. The van der Waals surface area contributed by atoms with E-state index in [0.717, 1.165) is 0 Å². The van der Waals surface area contributed by atoms with Crippen LogP contribution in [0.5, 0.6) is 0 Å². The number of fused-ring (bicyclic) bond motifs is 1. The first-order valence-electron chi connectivity index (χ1n) is 3.97. The Hall–Kier alpha value is -0.430. The maximum absolute atomic E-state index is 2.36. The number of rotatable bonds is 0. The van der Waals surface area contributed by atoms with Crippen LogP contribution in [0.4, 0.5) is 0 Å². The van der Waals surface area contributed by atoms with E-state index in [1.807, 2.05) is 11.8 Å². The standard InChI is InChI=1S/C10H12S/c1-7-3-4-9-6-8(2)11-10(9)5-7/h3-6,9-10H,1-2H3. The summed E-state index contributed by atoms with van der Waals surface area (Å²) in [6.45, 7) is 4.36. The maximum atomic E-state index is 2.36. The minimum absolute atomic E-state index is 0.670. The molecule has 0 bridgehead atoms. The van der Waals surface area contributed by atoms with E-state index in [-0.39, 0.29) is 0 Å². The largest absolute Gasteiger partial charge is 0.123 e. The van der Waals surface area contributed by atoms with Crippen LogP contribution >= 0.6 is 11.8 Å². The van der Waals surface area contributed by atoms with Gasteiger partial charge in [0.25, 0.3) is 0 Å². The average molecular weight is 164 g/mol. The first-order valence-corrected chi connectivity index (χ1v) is 4.85. The molecule has 1 heterocycles. The summed E-state index contributed by atoms with van der Waals surface area (Å²) < 4.78 is 0. The number of thioether (sulfide) groups is 1. The number of hydrogen-bond acceptors (Lipinski definition) is 1. The van der Waals surface area contributed by atoms with Crippen molar-refractivity contribution in [2.45, 2.75) is 19.1 Å². The maximum Gasteiger partial charge on any atom is 0.0374 e. The zero-order valence-corrected chi connectivity index (χ0v) is 7.69. The second-order valence-corrected chi connectivity index (χ2v) is 4.63. The fourth-order valence-electron chi connectivity index (χ4n) is 1.59. The van der Waals surface area contributed by atoms with Gasteiger partial charge in [0.2, 0.25) is 0 Å². The van der Waals surface area contributed by atoms with Gasteiger partial charge < -0.3 is 0 Å². The SMILES string of the molecule is CC1=CC2SC(C)=CC2C=C1. The second-order valence-electron chi connectivity index (χ2n) is 3.21. The Morgan fingerprint density at radius 3 is 2.91 bits per heavy atom.